The highest BCUT2D eigenvalue weighted by Gasteiger charge is 2.31. The lowest BCUT2D eigenvalue weighted by Gasteiger charge is -2.27. The predicted octanol–water partition coefficient (Wildman–Crippen LogP) is 1.27. The Morgan fingerprint density at radius 2 is 1.82 bits per heavy atom. The average molecular weight is 353 g/mol. The zero-order valence-electron chi connectivity index (χ0n) is 12.0. The zero-order valence-corrected chi connectivity index (χ0v) is 13.5. The van der Waals surface area contributed by atoms with Gasteiger partial charge in [0.25, 0.3) is 0 Å². The molecular formula is C14H18Cl2O6. The molecule has 0 radical (unpaired) electrons. The lowest BCUT2D eigenvalue weighted by atomic mass is 9.93. The Balaban J connectivity index is 2.62. The van der Waals surface area contributed by atoms with Crippen molar-refractivity contribution in [2.45, 2.75) is 13.0 Å². The third-order valence-corrected chi connectivity index (χ3v) is 3.59. The summed E-state index contributed by atoms with van der Waals surface area (Å²) in [5.41, 5.74) is -1.28. The second kappa shape index (κ2) is 8.55. The number of benzene rings is 1. The van der Waals surface area contributed by atoms with E-state index < -0.39 is 37.3 Å². The lowest BCUT2D eigenvalue weighted by Crippen LogP contribution is -2.41. The van der Waals surface area contributed by atoms with Crippen LogP contribution in [0.4, 0.5) is 0 Å². The molecule has 1 aromatic rings. The average Bonchev–Trinajstić information content (AvgIpc) is 2.51. The van der Waals surface area contributed by atoms with Crippen LogP contribution in [0.5, 0.6) is 5.75 Å². The highest BCUT2D eigenvalue weighted by molar-refractivity contribution is 6.35. The maximum Gasteiger partial charge on any atom is 0.347 e. The largest absolute Gasteiger partial charge is 0.477 e. The van der Waals surface area contributed by atoms with Crippen molar-refractivity contribution < 1.29 is 29.6 Å². The van der Waals surface area contributed by atoms with E-state index in [1.165, 1.54) is 19.1 Å². The molecule has 0 saturated heterocycles. The molecule has 0 spiro atoms. The molecule has 1 unspecified atom stereocenters. The minimum absolute atomic E-state index is 0.252. The number of hydrogen-bond donors (Lipinski definition) is 3. The fourth-order valence-electron chi connectivity index (χ4n) is 1.44. The molecule has 8 heteroatoms. The van der Waals surface area contributed by atoms with Crippen molar-refractivity contribution in [1.29, 1.82) is 0 Å². The van der Waals surface area contributed by atoms with Crippen molar-refractivity contribution in [2.24, 2.45) is 5.41 Å². The number of hydrogen-bond acceptors (Lipinski definition) is 6. The SMILES string of the molecule is CC(Oc1ccc(Cl)cc1Cl)C(=O)OCC(CO)(CO)CO. The summed E-state index contributed by atoms with van der Waals surface area (Å²) in [6.07, 6.45) is -0.965. The minimum atomic E-state index is -1.28. The van der Waals surface area contributed by atoms with Crippen LogP contribution in [-0.4, -0.2) is 53.8 Å². The van der Waals surface area contributed by atoms with Crippen LogP contribution in [0.15, 0.2) is 18.2 Å². The molecule has 124 valence electrons. The first-order valence-corrected chi connectivity index (χ1v) is 7.24. The van der Waals surface area contributed by atoms with Crippen LogP contribution in [0.25, 0.3) is 0 Å². The van der Waals surface area contributed by atoms with Crippen molar-refractivity contribution >= 4 is 29.2 Å². The summed E-state index contributed by atoms with van der Waals surface area (Å²) in [5, 5.41) is 28.1. The highest BCUT2D eigenvalue weighted by Crippen LogP contribution is 2.28. The summed E-state index contributed by atoms with van der Waals surface area (Å²) in [6.45, 7) is -0.439. The van der Waals surface area contributed by atoms with Gasteiger partial charge in [-0.1, -0.05) is 23.2 Å². The van der Waals surface area contributed by atoms with Gasteiger partial charge < -0.3 is 24.8 Å². The molecule has 1 aromatic carbocycles. The second-order valence-electron chi connectivity index (χ2n) is 4.92. The van der Waals surface area contributed by atoms with Gasteiger partial charge in [0.1, 0.15) is 12.4 Å². The normalized spacial score (nSPS) is 12.8. The predicted molar refractivity (Wildman–Crippen MR) is 81.2 cm³/mol. The molecule has 0 heterocycles. The lowest BCUT2D eigenvalue weighted by molar-refractivity contribution is -0.158. The number of aliphatic hydroxyl groups is 3. The first-order valence-electron chi connectivity index (χ1n) is 6.48. The van der Waals surface area contributed by atoms with E-state index in [1.807, 2.05) is 0 Å². The van der Waals surface area contributed by atoms with Crippen molar-refractivity contribution in [1.82, 2.24) is 0 Å². The molecule has 3 N–H and O–H groups in total. The van der Waals surface area contributed by atoms with Crippen LogP contribution >= 0.6 is 23.2 Å². The number of carbonyl (C=O) groups excluding carboxylic acids is 1. The summed E-state index contributed by atoms with van der Waals surface area (Å²) >= 11 is 11.7. The van der Waals surface area contributed by atoms with Crippen molar-refractivity contribution in [2.75, 3.05) is 26.4 Å². The molecule has 0 bridgehead atoms. The van der Waals surface area contributed by atoms with Gasteiger partial charge in [-0.25, -0.2) is 4.79 Å². The van der Waals surface area contributed by atoms with Gasteiger partial charge in [0.2, 0.25) is 0 Å². The standard InChI is InChI=1S/C14H18Cl2O6/c1-9(22-12-3-2-10(15)4-11(12)16)13(20)21-8-14(5-17,6-18)7-19/h2-4,9,17-19H,5-8H2,1H3. The van der Waals surface area contributed by atoms with Crippen LogP contribution < -0.4 is 4.74 Å². The van der Waals surface area contributed by atoms with Crippen molar-refractivity contribution in [3.8, 4) is 5.75 Å². The smallest absolute Gasteiger partial charge is 0.347 e. The van der Waals surface area contributed by atoms with E-state index in [2.05, 4.69) is 0 Å². The Bertz CT molecular complexity index is 496. The van der Waals surface area contributed by atoms with Gasteiger partial charge in [-0.3, -0.25) is 0 Å². The maximum absolute atomic E-state index is 11.9. The number of aliphatic hydroxyl groups excluding tert-OH is 3. The molecule has 0 aromatic heterocycles. The monoisotopic (exact) mass is 352 g/mol. The van der Waals surface area contributed by atoms with E-state index in [0.717, 1.165) is 0 Å². The number of carbonyl (C=O) groups is 1. The van der Waals surface area contributed by atoms with Crippen LogP contribution in [0, 0.1) is 5.41 Å². The fourth-order valence-corrected chi connectivity index (χ4v) is 1.89. The van der Waals surface area contributed by atoms with Crippen LogP contribution in [0.1, 0.15) is 6.92 Å². The van der Waals surface area contributed by atoms with E-state index in [-0.39, 0.29) is 17.4 Å². The van der Waals surface area contributed by atoms with Gasteiger partial charge in [-0.15, -0.1) is 0 Å². The molecule has 1 rings (SSSR count). The molecular weight excluding hydrogens is 335 g/mol. The summed E-state index contributed by atoms with van der Waals surface area (Å²) in [7, 11) is 0. The summed E-state index contributed by atoms with van der Waals surface area (Å²) in [4.78, 5) is 11.9. The van der Waals surface area contributed by atoms with Gasteiger partial charge in [-0.2, -0.15) is 0 Å². The summed E-state index contributed by atoms with van der Waals surface area (Å²) in [5.74, 6) is -0.445. The zero-order chi connectivity index (χ0) is 16.8. The third-order valence-electron chi connectivity index (χ3n) is 3.06. The molecule has 0 saturated carbocycles. The van der Waals surface area contributed by atoms with E-state index in [0.29, 0.717) is 5.02 Å². The fraction of sp³-hybridized carbons (Fsp3) is 0.500. The number of halogens is 2. The quantitative estimate of drug-likeness (QED) is 0.609. The molecule has 1 atom stereocenters. The summed E-state index contributed by atoms with van der Waals surface area (Å²) in [6, 6.07) is 4.56. The number of ether oxygens (including phenoxy) is 2. The van der Waals surface area contributed by atoms with Crippen LogP contribution in [-0.2, 0) is 9.53 Å². The number of esters is 1. The van der Waals surface area contributed by atoms with Gasteiger partial charge in [0.15, 0.2) is 6.10 Å². The van der Waals surface area contributed by atoms with E-state index in [1.54, 1.807) is 6.07 Å². The summed E-state index contributed by atoms with van der Waals surface area (Å²) < 4.78 is 10.3. The molecule has 0 amide bonds. The third kappa shape index (κ3) is 5.00. The molecule has 0 aliphatic rings. The Morgan fingerprint density at radius 1 is 1.23 bits per heavy atom. The second-order valence-corrected chi connectivity index (χ2v) is 5.76. The molecule has 0 aliphatic heterocycles. The van der Waals surface area contributed by atoms with Crippen LogP contribution in [0.2, 0.25) is 10.0 Å². The minimum Gasteiger partial charge on any atom is -0.477 e. The van der Waals surface area contributed by atoms with Gasteiger partial charge in [0, 0.05) is 5.02 Å². The van der Waals surface area contributed by atoms with Crippen LogP contribution in [0.3, 0.4) is 0 Å². The van der Waals surface area contributed by atoms with Gasteiger partial charge in [-0.05, 0) is 25.1 Å². The topological polar surface area (TPSA) is 96.2 Å². The first-order chi connectivity index (χ1) is 10.4. The van der Waals surface area contributed by atoms with E-state index in [9.17, 15) is 4.79 Å². The Morgan fingerprint density at radius 3 is 2.32 bits per heavy atom. The van der Waals surface area contributed by atoms with Crippen molar-refractivity contribution in [3.63, 3.8) is 0 Å². The maximum atomic E-state index is 11.9. The van der Waals surface area contributed by atoms with Crippen molar-refractivity contribution in [3.05, 3.63) is 28.2 Å². The Hall–Kier alpha value is -1.05. The Labute approximate surface area is 138 Å². The molecule has 22 heavy (non-hydrogen) atoms. The van der Waals surface area contributed by atoms with Gasteiger partial charge >= 0.3 is 5.97 Å². The highest BCUT2D eigenvalue weighted by atomic mass is 35.5. The number of rotatable bonds is 8. The first kappa shape index (κ1) is 19.0. The van der Waals surface area contributed by atoms with E-state index in [4.69, 9.17) is 48.0 Å². The van der Waals surface area contributed by atoms with E-state index >= 15 is 0 Å². The molecule has 6 nitrogen and oxygen atoms in total. The molecule has 0 fully saturated rings. The van der Waals surface area contributed by atoms with Gasteiger partial charge in [0.05, 0.1) is 30.3 Å². The Kier molecular flexibility index (Phi) is 7.38. The molecule has 0 aliphatic carbocycles.